The lowest BCUT2D eigenvalue weighted by Gasteiger charge is -2.13. The largest absolute Gasteiger partial charge is 0.309 e. The molecule has 262 valence electrons. The van der Waals surface area contributed by atoms with Crippen molar-refractivity contribution in [1.82, 2.24) is 14.1 Å². The number of hydrogen-bond donors (Lipinski definition) is 0. The van der Waals surface area contributed by atoms with E-state index >= 15 is 0 Å². The smallest absolute Gasteiger partial charge is 0.0715 e. The molecule has 0 saturated carbocycles. The molecule has 0 radical (unpaired) electrons. The Kier molecular flexibility index (Phi) is 7.49. The van der Waals surface area contributed by atoms with Gasteiger partial charge in [-0.1, -0.05) is 146 Å². The fraction of sp³-hybridized carbons (Fsp3) is 0. The normalized spacial score (nSPS) is 11.6. The highest BCUT2D eigenvalue weighted by Crippen LogP contribution is 2.40. The van der Waals surface area contributed by atoms with Gasteiger partial charge < -0.3 is 9.13 Å². The fourth-order valence-electron chi connectivity index (χ4n) is 8.46. The molecule has 3 nitrogen and oxygen atoms in total. The summed E-state index contributed by atoms with van der Waals surface area (Å²) >= 11 is 0. The van der Waals surface area contributed by atoms with E-state index in [4.69, 9.17) is 4.98 Å². The lowest BCUT2D eigenvalue weighted by Crippen LogP contribution is -1.96. The van der Waals surface area contributed by atoms with Crippen molar-refractivity contribution in [3.05, 3.63) is 212 Å². The van der Waals surface area contributed by atoms with E-state index in [9.17, 15) is 0 Å². The van der Waals surface area contributed by atoms with Crippen molar-refractivity contribution in [2.24, 2.45) is 0 Å². The Morgan fingerprint density at radius 2 is 0.714 bits per heavy atom. The van der Waals surface area contributed by atoms with E-state index in [1.807, 2.05) is 0 Å². The first-order chi connectivity index (χ1) is 27.8. The maximum Gasteiger partial charge on any atom is 0.0715 e. The highest BCUT2D eigenvalue weighted by Gasteiger charge is 2.19. The van der Waals surface area contributed by atoms with E-state index in [1.165, 1.54) is 54.7 Å². The van der Waals surface area contributed by atoms with Gasteiger partial charge in [0.25, 0.3) is 0 Å². The van der Waals surface area contributed by atoms with E-state index in [0.717, 1.165) is 45.0 Å². The average molecular weight is 714 g/mol. The summed E-state index contributed by atoms with van der Waals surface area (Å²) in [6, 6.07) is 76.2. The Labute approximate surface area is 325 Å². The number of para-hydroxylation sites is 3. The van der Waals surface area contributed by atoms with Crippen molar-refractivity contribution in [3.8, 4) is 56.1 Å². The Bertz CT molecular complexity index is 3210. The molecule has 0 spiro atoms. The molecule has 0 bridgehead atoms. The van der Waals surface area contributed by atoms with Crippen LogP contribution in [0.25, 0.3) is 99.8 Å². The summed E-state index contributed by atoms with van der Waals surface area (Å²) in [6.07, 6.45) is 0. The van der Waals surface area contributed by atoms with Gasteiger partial charge in [0.15, 0.2) is 0 Å². The summed E-state index contributed by atoms with van der Waals surface area (Å²) in [5.74, 6) is 0. The van der Waals surface area contributed by atoms with Crippen LogP contribution in [-0.2, 0) is 0 Å². The van der Waals surface area contributed by atoms with Gasteiger partial charge in [-0.2, -0.15) is 0 Å². The molecule has 0 fully saturated rings. The first kappa shape index (κ1) is 32.0. The highest BCUT2D eigenvalue weighted by atomic mass is 15.0. The molecule has 0 amide bonds. The molecule has 11 rings (SSSR count). The standard InChI is InChI=1S/C53H35N3/c1-4-15-36(16-5-1)39-19-14-20-40(31-39)49-33-41(37-17-6-2-7-18-37)32-48(54-49)38-27-29-43(30-28-38)56-51-26-13-11-24-45(51)47-34-46-44-23-10-12-25-50(44)55(52(46)35-53(47)56)42-21-8-3-9-22-42/h1-35H. The van der Waals surface area contributed by atoms with Gasteiger partial charge in [0.1, 0.15) is 0 Å². The highest BCUT2D eigenvalue weighted by molar-refractivity contribution is 6.19. The molecule has 0 N–H and O–H groups in total. The van der Waals surface area contributed by atoms with Crippen LogP contribution in [0.3, 0.4) is 0 Å². The second-order valence-corrected chi connectivity index (χ2v) is 14.4. The van der Waals surface area contributed by atoms with Crippen LogP contribution in [-0.4, -0.2) is 14.1 Å². The van der Waals surface area contributed by atoms with Crippen molar-refractivity contribution in [2.75, 3.05) is 0 Å². The van der Waals surface area contributed by atoms with Crippen LogP contribution in [0.4, 0.5) is 0 Å². The number of aromatic nitrogens is 3. The first-order valence-corrected chi connectivity index (χ1v) is 19.1. The van der Waals surface area contributed by atoms with Gasteiger partial charge in [0, 0.05) is 44.0 Å². The zero-order valence-corrected chi connectivity index (χ0v) is 30.5. The van der Waals surface area contributed by atoms with Gasteiger partial charge in [-0.15, -0.1) is 0 Å². The van der Waals surface area contributed by atoms with Crippen molar-refractivity contribution in [1.29, 1.82) is 0 Å². The summed E-state index contributed by atoms with van der Waals surface area (Å²) in [7, 11) is 0. The van der Waals surface area contributed by atoms with Crippen molar-refractivity contribution < 1.29 is 0 Å². The first-order valence-electron chi connectivity index (χ1n) is 19.1. The molecule has 0 aliphatic heterocycles. The molecule has 3 aromatic heterocycles. The molecule has 11 aromatic rings. The average Bonchev–Trinajstić information content (AvgIpc) is 3.78. The van der Waals surface area contributed by atoms with Gasteiger partial charge >= 0.3 is 0 Å². The molecule has 3 heterocycles. The molecule has 0 atom stereocenters. The quantitative estimate of drug-likeness (QED) is 0.168. The number of nitrogens with zero attached hydrogens (tertiary/aromatic N) is 3. The van der Waals surface area contributed by atoms with Crippen LogP contribution < -0.4 is 0 Å². The summed E-state index contributed by atoms with van der Waals surface area (Å²) in [6.45, 7) is 0. The zero-order valence-electron chi connectivity index (χ0n) is 30.5. The van der Waals surface area contributed by atoms with Crippen LogP contribution in [0.2, 0.25) is 0 Å². The van der Waals surface area contributed by atoms with E-state index in [2.05, 4.69) is 221 Å². The predicted octanol–water partition coefficient (Wildman–Crippen LogP) is 13.9. The number of benzene rings is 8. The van der Waals surface area contributed by atoms with E-state index in [-0.39, 0.29) is 0 Å². The minimum atomic E-state index is 0.939. The van der Waals surface area contributed by atoms with Crippen molar-refractivity contribution in [3.63, 3.8) is 0 Å². The Morgan fingerprint density at radius 1 is 0.250 bits per heavy atom. The number of hydrogen-bond acceptors (Lipinski definition) is 1. The topological polar surface area (TPSA) is 22.8 Å². The third-order valence-corrected chi connectivity index (χ3v) is 11.1. The molecule has 56 heavy (non-hydrogen) atoms. The number of rotatable bonds is 6. The van der Waals surface area contributed by atoms with Gasteiger partial charge in [-0.3, -0.25) is 0 Å². The third kappa shape index (κ3) is 5.32. The number of fused-ring (bicyclic) bond motifs is 6. The molecule has 0 unspecified atom stereocenters. The SMILES string of the molecule is c1ccc(-c2cccc(-c3cc(-c4ccccc4)cc(-c4ccc(-n5c6ccccc6c6cc7c8ccccc8n(-c8ccccc8)c7cc65)cc4)n3)c2)cc1. The lowest BCUT2D eigenvalue weighted by molar-refractivity contribution is 1.16. The summed E-state index contributed by atoms with van der Waals surface area (Å²) in [5.41, 5.74) is 15.7. The van der Waals surface area contributed by atoms with Gasteiger partial charge in [0.05, 0.1) is 33.5 Å². The van der Waals surface area contributed by atoms with Gasteiger partial charge in [-0.25, -0.2) is 4.98 Å². The Morgan fingerprint density at radius 3 is 1.32 bits per heavy atom. The fourth-order valence-corrected chi connectivity index (χ4v) is 8.46. The summed E-state index contributed by atoms with van der Waals surface area (Å²) in [5, 5.41) is 4.99. The van der Waals surface area contributed by atoms with Crippen LogP contribution >= 0.6 is 0 Å². The third-order valence-electron chi connectivity index (χ3n) is 11.1. The second kappa shape index (κ2) is 13.1. The second-order valence-electron chi connectivity index (χ2n) is 14.4. The van der Waals surface area contributed by atoms with Gasteiger partial charge in [0.2, 0.25) is 0 Å². The summed E-state index contributed by atoms with van der Waals surface area (Å²) in [4.78, 5) is 5.31. The molecule has 8 aromatic carbocycles. The van der Waals surface area contributed by atoms with E-state index in [1.54, 1.807) is 0 Å². The van der Waals surface area contributed by atoms with Crippen molar-refractivity contribution in [2.45, 2.75) is 0 Å². The molecule has 3 heteroatoms. The summed E-state index contributed by atoms with van der Waals surface area (Å²) < 4.78 is 4.81. The minimum Gasteiger partial charge on any atom is -0.309 e. The van der Waals surface area contributed by atoms with Crippen LogP contribution in [0, 0.1) is 0 Å². The molecular weight excluding hydrogens is 679 g/mol. The molecule has 0 aliphatic carbocycles. The van der Waals surface area contributed by atoms with Crippen LogP contribution in [0.5, 0.6) is 0 Å². The molecule has 0 saturated heterocycles. The number of pyridine rings is 1. The lowest BCUT2D eigenvalue weighted by atomic mass is 9.98. The maximum atomic E-state index is 5.31. The van der Waals surface area contributed by atoms with E-state index in [0.29, 0.717) is 0 Å². The van der Waals surface area contributed by atoms with Crippen LogP contribution in [0.1, 0.15) is 0 Å². The molecule has 0 aliphatic rings. The van der Waals surface area contributed by atoms with E-state index < -0.39 is 0 Å². The van der Waals surface area contributed by atoms with Crippen LogP contribution in [0.15, 0.2) is 212 Å². The Balaban J connectivity index is 1.07. The zero-order chi connectivity index (χ0) is 37.0. The minimum absolute atomic E-state index is 0.939. The molecular formula is C53H35N3. The predicted molar refractivity (Wildman–Crippen MR) is 235 cm³/mol. The van der Waals surface area contributed by atoms with Crippen molar-refractivity contribution >= 4 is 43.6 Å². The monoisotopic (exact) mass is 713 g/mol. The maximum absolute atomic E-state index is 5.31. The Hall–Kier alpha value is -7.49. The van der Waals surface area contributed by atoms with Gasteiger partial charge in [-0.05, 0) is 89.0 Å².